The molecule has 1 heterocycles. The van der Waals surface area contributed by atoms with Crippen LogP contribution in [0.5, 0.6) is 0 Å². The molecule has 104 valence electrons. The van der Waals surface area contributed by atoms with Gasteiger partial charge in [-0.25, -0.2) is 4.39 Å². The van der Waals surface area contributed by atoms with Gasteiger partial charge in [-0.2, -0.15) is 0 Å². The van der Waals surface area contributed by atoms with Gasteiger partial charge < -0.3 is 14.5 Å². The third-order valence-electron chi connectivity index (χ3n) is 3.35. The zero-order valence-corrected chi connectivity index (χ0v) is 13.4. The van der Waals surface area contributed by atoms with Gasteiger partial charge in [0.15, 0.2) is 4.77 Å². The van der Waals surface area contributed by atoms with E-state index in [1.807, 2.05) is 4.57 Å². The predicted octanol–water partition coefficient (Wildman–Crippen LogP) is 3.94. The van der Waals surface area contributed by atoms with Crippen molar-refractivity contribution < 1.29 is 4.39 Å². The van der Waals surface area contributed by atoms with E-state index in [4.69, 9.17) is 12.2 Å². The van der Waals surface area contributed by atoms with Crippen molar-refractivity contribution in [2.45, 2.75) is 20.4 Å². The molecule has 0 bridgehead atoms. The van der Waals surface area contributed by atoms with Crippen LogP contribution in [0, 0.1) is 10.6 Å². The normalized spacial score (nSPS) is 11.6. The van der Waals surface area contributed by atoms with E-state index >= 15 is 0 Å². The molecule has 0 saturated heterocycles. The van der Waals surface area contributed by atoms with Crippen LogP contribution in [-0.2, 0) is 6.54 Å². The molecule has 0 amide bonds. The second-order valence-corrected chi connectivity index (χ2v) is 5.63. The lowest BCUT2D eigenvalue weighted by atomic mass is 10.3. The standard InChI is InChI=1S/C13H17BrFN3S/c1-3-17(4-2)5-6-18-12-7-9(14)10(15)8-11(12)16-13(18)19/h7-8H,3-6H2,1-2H3,(H,16,19). The number of benzene rings is 1. The van der Waals surface area contributed by atoms with Gasteiger partial charge in [0.05, 0.1) is 15.5 Å². The summed E-state index contributed by atoms with van der Waals surface area (Å²) in [5.74, 6) is -0.278. The lowest BCUT2D eigenvalue weighted by molar-refractivity contribution is 0.291. The zero-order chi connectivity index (χ0) is 14.0. The van der Waals surface area contributed by atoms with Gasteiger partial charge in [-0.15, -0.1) is 0 Å². The minimum atomic E-state index is -0.278. The SMILES string of the molecule is CCN(CC)CCn1c(=S)[nH]c2cc(F)c(Br)cc21. The second-order valence-electron chi connectivity index (χ2n) is 4.39. The van der Waals surface area contributed by atoms with Crippen molar-refractivity contribution in [1.82, 2.24) is 14.5 Å². The van der Waals surface area contributed by atoms with E-state index in [2.05, 4.69) is 39.7 Å². The third kappa shape index (κ3) is 3.07. The van der Waals surface area contributed by atoms with Crippen molar-refractivity contribution >= 4 is 39.2 Å². The summed E-state index contributed by atoms with van der Waals surface area (Å²) in [6.45, 7) is 8.06. The average molecular weight is 346 g/mol. The number of halogens is 2. The smallest absolute Gasteiger partial charge is 0.178 e. The quantitative estimate of drug-likeness (QED) is 0.829. The molecule has 0 radical (unpaired) electrons. The van der Waals surface area contributed by atoms with Gasteiger partial charge in [0.25, 0.3) is 0 Å². The van der Waals surface area contributed by atoms with Gasteiger partial charge in [-0.05, 0) is 47.3 Å². The molecule has 0 aliphatic carbocycles. The van der Waals surface area contributed by atoms with Crippen molar-refractivity contribution in [3.63, 3.8) is 0 Å². The van der Waals surface area contributed by atoms with Crippen LogP contribution in [0.25, 0.3) is 11.0 Å². The molecule has 0 fully saturated rings. The minimum absolute atomic E-state index is 0.278. The Labute approximate surface area is 125 Å². The Hall–Kier alpha value is -0.720. The first-order valence-corrected chi connectivity index (χ1v) is 7.56. The number of aromatic nitrogens is 2. The number of fused-ring (bicyclic) bond motifs is 1. The van der Waals surface area contributed by atoms with Crippen LogP contribution < -0.4 is 0 Å². The highest BCUT2D eigenvalue weighted by atomic mass is 79.9. The maximum Gasteiger partial charge on any atom is 0.178 e. The van der Waals surface area contributed by atoms with Gasteiger partial charge in [0.1, 0.15) is 5.82 Å². The zero-order valence-electron chi connectivity index (χ0n) is 11.0. The van der Waals surface area contributed by atoms with Crippen molar-refractivity contribution in [2.24, 2.45) is 0 Å². The fourth-order valence-corrected chi connectivity index (χ4v) is 2.79. The lowest BCUT2D eigenvalue weighted by Gasteiger charge is -2.18. The summed E-state index contributed by atoms with van der Waals surface area (Å²) in [6.07, 6.45) is 0. The van der Waals surface area contributed by atoms with Crippen molar-refractivity contribution in [3.05, 3.63) is 27.2 Å². The summed E-state index contributed by atoms with van der Waals surface area (Å²) in [7, 11) is 0. The van der Waals surface area contributed by atoms with Crippen LogP contribution in [0.15, 0.2) is 16.6 Å². The summed E-state index contributed by atoms with van der Waals surface area (Å²) in [6, 6.07) is 3.25. The van der Waals surface area contributed by atoms with Gasteiger partial charge in [-0.3, -0.25) is 0 Å². The molecule has 19 heavy (non-hydrogen) atoms. The summed E-state index contributed by atoms with van der Waals surface area (Å²) in [5, 5.41) is 0. The molecule has 6 heteroatoms. The number of H-pyrrole nitrogens is 1. The van der Waals surface area contributed by atoms with E-state index in [9.17, 15) is 4.39 Å². The third-order valence-corrected chi connectivity index (χ3v) is 4.28. The van der Waals surface area contributed by atoms with Crippen molar-refractivity contribution in [2.75, 3.05) is 19.6 Å². The number of rotatable bonds is 5. The number of aromatic amines is 1. The number of imidazole rings is 1. The average Bonchev–Trinajstić information content (AvgIpc) is 2.67. The Morgan fingerprint density at radius 1 is 1.37 bits per heavy atom. The fraction of sp³-hybridized carbons (Fsp3) is 0.462. The summed E-state index contributed by atoms with van der Waals surface area (Å²) in [5.41, 5.74) is 1.68. The summed E-state index contributed by atoms with van der Waals surface area (Å²) >= 11 is 8.54. The monoisotopic (exact) mass is 345 g/mol. The van der Waals surface area contributed by atoms with Crippen LogP contribution in [0.3, 0.4) is 0 Å². The molecule has 1 N–H and O–H groups in total. The Kier molecular flexibility index (Phi) is 4.76. The predicted molar refractivity (Wildman–Crippen MR) is 82.6 cm³/mol. The fourth-order valence-electron chi connectivity index (χ4n) is 2.16. The number of hydrogen-bond acceptors (Lipinski definition) is 2. The number of nitrogens with zero attached hydrogens (tertiary/aromatic N) is 2. The first-order chi connectivity index (χ1) is 9.06. The van der Waals surface area contributed by atoms with Crippen LogP contribution >= 0.6 is 28.1 Å². The highest BCUT2D eigenvalue weighted by molar-refractivity contribution is 9.10. The van der Waals surface area contributed by atoms with E-state index in [0.717, 1.165) is 37.2 Å². The Morgan fingerprint density at radius 3 is 2.68 bits per heavy atom. The Balaban J connectivity index is 2.35. The van der Waals surface area contributed by atoms with Crippen LogP contribution in [0.1, 0.15) is 13.8 Å². The largest absolute Gasteiger partial charge is 0.330 e. The molecule has 0 saturated carbocycles. The number of hydrogen-bond donors (Lipinski definition) is 1. The molecular formula is C13H17BrFN3S. The van der Waals surface area contributed by atoms with E-state index < -0.39 is 0 Å². The van der Waals surface area contributed by atoms with Gasteiger partial charge in [-0.1, -0.05) is 13.8 Å². The summed E-state index contributed by atoms with van der Waals surface area (Å²) < 4.78 is 16.6. The highest BCUT2D eigenvalue weighted by Crippen LogP contribution is 2.23. The Bertz CT molecular complexity index is 631. The van der Waals surface area contributed by atoms with E-state index in [1.54, 1.807) is 6.07 Å². The van der Waals surface area contributed by atoms with Gasteiger partial charge in [0.2, 0.25) is 0 Å². The highest BCUT2D eigenvalue weighted by Gasteiger charge is 2.09. The van der Waals surface area contributed by atoms with Crippen LogP contribution in [-0.4, -0.2) is 34.1 Å². The van der Waals surface area contributed by atoms with E-state index in [-0.39, 0.29) is 5.82 Å². The van der Waals surface area contributed by atoms with Gasteiger partial charge >= 0.3 is 0 Å². The maximum absolute atomic E-state index is 13.5. The van der Waals surface area contributed by atoms with Crippen molar-refractivity contribution in [1.29, 1.82) is 0 Å². The summed E-state index contributed by atoms with van der Waals surface area (Å²) in [4.78, 5) is 5.39. The maximum atomic E-state index is 13.5. The van der Waals surface area contributed by atoms with Crippen molar-refractivity contribution in [3.8, 4) is 0 Å². The van der Waals surface area contributed by atoms with Gasteiger partial charge in [0, 0.05) is 19.2 Å². The molecule has 3 nitrogen and oxygen atoms in total. The topological polar surface area (TPSA) is 24.0 Å². The molecule has 1 aromatic heterocycles. The molecule has 2 aromatic rings. The first kappa shape index (κ1) is 14.7. The molecular weight excluding hydrogens is 329 g/mol. The Morgan fingerprint density at radius 2 is 2.05 bits per heavy atom. The number of likely N-dealkylation sites (N-methyl/N-ethyl adjacent to an activating group) is 1. The molecule has 0 unspecified atom stereocenters. The second kappa shape index (κ2) is 6.15. The minimum Gasteiger partial charge on any atom is -0.330 e. The molecule has 0 spiro atoms. The molecule has 0 aliphatic rings. The molecule has 0 aliphatic heterocycles. The van der Waals surface area contributed by atoms with E-state index in [0.29, 0.717) is 9.24 Å². The molecule has 2 rings (SSSR count). The van der Waals surface area contributed by atoms with Crippen LogP contribution in [0.2, 0.25) is 0 Å². The molecule has 0 atom stereocenters. The lowest BCUT2D eigenvalue weighted by Crippen LogP contribution is -2.27. The first-order valence-electron chi connectivity index (χ1n) is 6.36. The number of nitrogens with one attached hydrogen (secondary N) is 1. The van der Waals surface area contributed by atoms with Crippen LogP contribution in [0.4, 0.5) is 4.39 Å². The van der Waals surface area contributed by atoms with E-state index in [1.165, 1.54) is 6.07 Å². The molecule has 1 aromatic carbocycles.